The second kappa shape index (κ2) is 8.64. The molecule has 0 radical (unpaired) electrons. The standard InChI is InChI=1S/C17H25ClN2O3/c1-12-3-4-13(9-16(12)18)17(22)19-14-5-7-20(8-6-14)10-15(21)11-23-2/h3-4,9,14-15,21H,5-8,10-11H2,1-2H3,(H,19,22). The van der Waals surface area contributed by atoms with E-state index in [9.17, 15) is 9.90 Å². The number of hydrogen-bond donors (Lipinski definition) is 2. The van der Waals surface area contributed by atoms with Crippen molar-refractivity contribution in [3.63, 3.8) is 0 Å². The third-order valence-electron chi connectivity index (χ3n) is 4.18. The molecule has 2 rings (SSSR count). The van der Waals surface area contributed by atoms with Gasteiger partial charge in [0, 0.05) is 43.4 Å². The molecule has 1 unspecified atom stereocenters. The first-order valence-electron chi connectivity index (χ1n) is 7.96. The number of ether oxygens (including phenoxy) is 1. The van der Waals surface area contributed by atoms with E-state index in [1.54, 1.807) is 19.2 Å². The Hall–Kier alpha value is -1.14. The Labute approximate surface area is 142 Å². The van der Waals surface area contributed by atoms with Gasteiger partial charge in [-0.15, -0.1) is 0 Å². The minimum Gasteiger partial charge on any atom is -0.389 e. The number of halogens is 1. The van der Waals surface area contributed by atoms with Gasteiger partial charge in [-0.1, -0.05) is 17.7 Å². The zero-order valence-corrected chi connectivity index (χ0v) is 14.5. The summed E-state index contributed by atoms with van der Waals surface area (Å²) in [5, 5.41) is 13.4. The van der Waals surface area contributed by atoms with Crippen LogP contribution >= 0.6 is 11.6 Å². The van der Waals surface area contributed by atoms with Crippen molar-refractivity contribution in [3.8, 4) is 0 Å². The molecule has 128 valence electrons. The molecule has 23 heavy (non-hydrogen) atoms. The van der Waals surface area contributed by atoms with Gasteiger partial charge in [0.05, 0.1) is 12.7 Å². The number of β-amino-alcohol motifs (C(OH)–C–C–N with tert-alkyl or cyclic N) is 1. The number of aliphatic hydroxyl groups is 1. The quantitative estimate of drug-likeness (QED) is 0.829. The summed E-state index contributed by atoms with van der Waals surface area (Å²) < 4.78 is 4.94. The van der Waals surface area contributed by atoms with Crippen molar-refractivity contribution < 1.29 is 14.6 Å². The SMILES string of the molecule is COCC(O)CN1CCC(NC(=O)c2ccc(C)c(Cl)c2)CC1. The molecular formula is C17H25ClN2O3. The highest BCUT2D eigenvalue weighted by molar-refractivity contribution is 6.31. The summed E-state index contributed by atoms with van der Waals surface area (Å²) in [5.74, 6) is -0.0789. The van der Waals surface area contributed by atoms with E-state index in [0.717, 1.165) is 31.5 Å². The summed E-state index contributed by atoms with van der Waals surface area (Å²) in [6.07, 6.45) is 1.30. The largest absolute Gasteiger partial charge is 0.389 e. The Kier molecular flexibility index (Phi) is 6.84. The summed E-state index contributed by atoms with van der Waals surface area (Å²) in [4.78, 5) is 14.5. The molecule has 0 aliphatic carbocycles. The topological polar surface area (TPSA) is 61.8 Å². The van der Waals surface area contributed by atoms with E-state index in [0.29, 0.717) is 23.7 Å². The van der Waals surface area contributed by atoms with Gasteiger partial charge >= 0.3 is 0 Å². The summed E-state index contributed by atoms with van der Waals surface area (Å²) in [7, 11) is 1.59. The molecule has 1 heterocycles. The van der Waals surface area contributed by atoms with Gasteiger partial charge in [0.1, 0.15) is 0 Å². The zero-order chi connectivity index (χ0) is 16.8. The molecule has 1 atom stereocenters. The summed E-state index contributed by atoms with van der Waals surface area (Å²) in [5.41, 5.74) is 1.56. The fourth-order valence-corrected chi connectivity index (χ4v) is 2.99. The molecular weight excluding hydrogens is 316 g/mol. The first kappa shape index (κ1) is 18.2. The maximum Gasteiger partial charge on any atom is 0.251 e. The predicted octanol–water partition coefficient (Wildman–Crippen LogP) is 1.85. The number of rotatable bonds is 6. The smallest absolute Gasteiger partial charge is 0.251 e. The van der Waals surface area contributed by atoms with Gasteiger partial charge in [-0.3, -0.25) is 4.79 Å². The van der Waals surface area contributed by atoms with Gasteiger partial charge in [0.25, 0.3) is 5.91 Å². The van der Waals surface area contributed by atoms with Crippen molar-refractivity contribution in [1.29, 1.82) is 0 Å². The molecule has 1 fully saturated rings. The van der Waals surface area contributed by atoms with Gasteiger partial charge in [0.15, 0.2) is 0 Å². The molecule has 2 N–H and O–H groups in total. The van der Waals surface area contributed by atoms with Crippen molar-refractivity contribution in [2.75, 3.05) is 33.4 Å². The Balaban J connectivity index is 1.79. The van der Waals surface area contributed by atoms with Crippen LogP contribution in [0.4, 0.5) is 0 Å². The van der Waals surface area contributed by atoms with Crippen molar-refractivity contribution in [3.05, 3.63) is 34.3 Å². The van der Waals surface area contributed by atoms with E-state index < -0.39 is 6.10 Å². The van der Waals surface area contributed by atoms with Crippen molar-refractivity contribution in [1.82, 2.24) is 10.2 Å². The molecule has 1 aromatic rings. The lowest BCUT2D eigenvalue weighted by Crippen LogP contribution is -2.47. The number of aliphatic hydroxyl groups excluding tert-OH is 1. The second-order valence-corrected chi connectivity index (χ2v) is 6.53. The number of methoxy groups -OCH3 is 1. The number of carbonyl (C=O) groups excluding carboxylic acids is 1. The van der Waals surface area contributed by atoms with Gasteiger partial charge < -0.3 is 20.1 Å². The first-order valence-corrected chi connectivity index (χ1v) is 8.33. The van der Waals surface area contributed by atoms with Crippen LogP contribution < -0.4 is 5.32 Å². The number of nitrogens with one attached hydrogen (secondary N) is 1. The molecule has 0 aromatic heterocycles. The molecule has 0 saturated carbocycles. The number of hydrogen-bond acceptors (Lipinski definition) is 4. The Morgan fingerprint density at radius 1 is 1.48 bits per heavy atom. The lowest BCUT2D eigenvalue weighted by Gasteiger charge is -2.33. The van der Waals surface area contributed by atoms with Crippen LogP contribution in [0.3, 0.4) is 0 Å². The van der Waals surface area contributed by atoms with Crippen LogP contribution in [0, 0.1) is 6.92 Å². The Morgan fingerprint density at radius 3 is 2.78 bits per heavy atom. The highest BCUT2D eigenvalue weighted by atomic mass is 35.5. The van der Waals surface area contributed by atoms with Gasteiger partial charge in [-0.25, -0.2) is 0 Å². The van der Waals surface area contributed by atoms with Crippen LogP contribution in [0.15, 0.2) is 18.2 Å². The van der Waals surface area contributed by atoms with Crippen molar-refractivity contribution in [2.45, 2.75) is 31.9 Å². The number of amides is 1. The third kappa shape index (κ3) is 5.46. The Morgan fingerprint density at radius 2 is 2.17 bits per heavy atom. The van der Waals surface area contributed by atoms with Crippen LogP contribution in [0.1, 0.15) is 28.8 Å². The average molecular weight is 341 g/mol. The highest BCUT2D eigenvalue weighted by Gasteiger charge is 2.22. The lowest BCUT2D eigenvalue weighted by molar-refractivity contribution is 0.0309. The average Bonchev–Trinajstić information content (AvgIpc) is 2.52. The molecule has 0 spiro atoms. The van der Waals surface area contributed by atoms with E-state index >= 15 is 0 Å². The molecule has 5 nitrogen and oxygen atoms in total. The van der Waals surface area contributed by atoms with Crippen LogP contribution in [0.5, 0.6) is 0 Å². The number of carbonyl (C=O) groups is 1. The van der Waals surface area contributed by atoms with E-state index in [1.165, 1.54) is 0 Å². The van der Waals surface area contributed by atoms with E-state index in [2.05, 4.69) is 10.2 Å². The normalized spacial score (nSPS) is 17.9. The van der Waals surface area contributed by atoms with Crippen molar-refractivity contribution in [2.24, 2.45) is 0 Å². The minimum atomic E-state index is -0.458. The lowest BCUT2D eigenvalue weighted by atomic mass is 10.0. The molecule has 1 aromatic carbocycles. The van der Waals surface area contributed by atoms with Crippen LogP contribution in [0.25, 0.3) is 0 Å². The van der Waals surface area contributed by atoms with Crippen molar-refractivity contribution >= 4 is 17.5 Å². The first-order chi connectivity index (χ1) is 11.0. The van der Waals surface area contributed by atoms with Crippen LogP contribution in [-0.4, -0.2) is 61.4 Å². The number of nitrogens with zero attached hydrogens (tertiary/aromatic N) is 1. The van der Waals surface area contributed by atoms with Gasteiger partial charge in [-0.2, -0.15) is 0 Å². The maximum atomic E-state index is 12.3. The molecule has 1 aliphatic rings. The van der Waals surface area contributed by atoms with Crippen LogP contribution in [-0.2, 0) is 4.74 Å². The zero-order valence-electron chi connectivity index (χ0n) is 13.7. The molecule has 1 saturated heterocycles. The Bertz CT molecular complexity index is 531. The fraction of sp³-hybridized carbons (Fsp3) is 0.588. The van der Waals surface area contributed by atoms with Gasteiger partial charge in [-0.05, 0) is 37.5 Å². The highest BCUT2D eigenvalue weighted by Crippen LogP contribution is 2.17. The number of piperidine rings is 1. The molecule has 6 heteroatoms. The number of likely N-dealkylation sites (tertiary alicyclic amines) is 1. The maximum absolute atomic E-state index is 12.3. The summed E-state index contributed by atoms with van der Waals surface area (Å²) in [6, 6.07) is 5.53. The predicted molar refractivity (Wildman–Crippen MR) is 91.0 cm³/mol. The van der Waals surface area contributed by atoms with Gasteiger partial charge in [0.2, 0.25) is 0 Å². The molecule has 0 bridgehead atoms. The van der Waals surface area contributed by atoms with E-state index in [1.807, 2.05) is 13.0 Å². The monoisotopic (exact) mass is 340 g/mol. The summed E-state index contributed by atoms with van der Waals surface area (Å²) in [6.45, 7) is 4.60. The number of benzene rings is 1. The fourth-order valence-electron chi connectivity index (χ4n) is 2.81. The second-order valence-electron chi connectivity index (χ2n) is 6.12. The number of aryl methyl sites for hydroxylation is 1. The third-order valence-corrected chi connectivity index (χ3v) is 4.59. The van der Waals surface area contributed by atoms with E-state index in [-0.39, 0.29) is 11.9 Å². The van der Waals surface area contributed by atoms with Crippen LogP contribution in [0.2, 0.25) is 5.02 Å². The molecule has 1 aliphatic heterocycles. The molecule has 1 amide bonds. The summed E-state index contributed by atoms with van der Waals surface area (Å²) >= 11 is 6.07. The van der Waals surface area contributed by atoms with E-state index in [4.69, 9.17) is 16.3 Å². The minimum absolute atomic E-state index is 0.0789.